The van der Waals surface area contributed by atoms with Gasteiger partial charge >= 0.3 is 0 Å². The van der Waals surface area contributed by atoms with Gasteiger partial charge in [-0.15, -0.1) is 0 Å². The average molecular weight is 214 g/mol. The summed E-state index contributed by atoms with van der Waals surface area (Å²) in [4.78, 5) is 8.71. The van der Waals surface area contributed by atoms with Crippen molar-refractivity contribution in [1.29, 1.82) is 0 Å². The molecule has 0 fully saturated rings. The topological polar surface area (TPSA) is 35.0 Å². The molecule has 0 spiro atoms. The van der Waals surface area contributed by atoms with Crippen LogP contribution in [0.15, 0.2) is 30.3 Å². The molecule has 1 heterocycles. The van der Waals surface area contributed by atoms with E-state index >= 15 is 0 Å². The number of rotatable bonds is 2. The van der Waals surface area contributed by atoms with Crippen molar-refractivity contribution in [2.75, 3.05) is 7.11 Å². The molecule has 0 atom stereocenters. The number of hydrogen-bond acceptors (Lipinski definition) is 3. The molecule has 0 aliphatic carbocycles. The zero-order valence-electron chi connectivity index (χ0n) is 9.69. The molecule has 0 unspecified atom stereocenters. The van der Waals surface area contributed by atoms with Crippen molar-refractivity contribution in [3.63, 3.8) is 0 Å². The third kappa shape index (κ3) is 2.19. The summed E-state index contributed by atoms with van der Waals surface area (Å²) in [5, 5.41) is 0. The quantitative estimate of drug-likeness (QED) is 0.771. The van der Waals surface area contributed by atoms with Crippen molar-refractivity contribution in [2.45, 2.75) is 13.8 Å². The van der Waals surface area contributed by atoms with E-state index in [-0.39, 0.29) is 0 Å². The minimum absolute atomic E-state index is 0.600. The lowest BCUT2D eigenvalue weighted by Crippen LogP contribution is -1.95. The highest BCUT2D eigenvalue weighted by Crippen LogP contribution is 2.19. The maximum Gasteiger partial charge on any atom is 0.216 e. The zero-order chi connectivity index (χ0) is 11.5. The van der Waals surface area contributed by atoms with Crippen molar-refractivity contribution in [2.24, 2.45) is 0 Å². The van der Waals surface area contributed by atoms with Crippen molar-refractivity contribution in [3.8, 4) is 17.3 Å². The van der Waals surface area contributed by atoms with E-state index in [0.29, 0.717) is 11.7 Å². The van der Waals surface area contributed by atoms with Gasteiger partial charge < -0.3 is 4.74 Å². The highest BCUT2D eigenvalue weighted by molar-refractivity contribution is 5.56. The van der Waals surface area contributed by atoms with E-state index in [4.69, 9.17) is 4.74 Å². The summed E-state index contributed by atoms with van der Waals surface area (Å²) in [6.07, 6.45) is 0. The summed E-state index contributed by atoms with van der Waals surface area (Å²) < 4.78 is 5.13. The SMILES string of the molecule is COc1cc(C)nc(-c2ccc(C)cc2)n1. The van der Waals surface area contributed by atoms with Gasteiger partial charge in [0.2, 0.25) is 5.88 Å². The van der Waals surface area contributed by atoms with E-state index in [1.165, 1.54) is 5.56 Å². The molecule has 82 valence electrons. The fraction of sp³-hybridized carbons (Fsp3) is 0.231. The standard InChI is InChI=1S/C13H14N2O/c1-9-4-6-11(7-5-9)13-14-10(2)8-12(15-13)16-3/h4-8H,1-3H3. The molecule has 0 saturated carbocycles. The third-order valence-electron chi connectivity index (χ3n) is 2.35. The first-order chi connectivity index (χ1) is 7.69. The summed E-state index contributed by atoms with van der Waals surface area (Å²) in [5.41, 5.74) is 3.14. The van der Waals surface area contributed by atoms with E-state index in [9.17, 15) is 0 Å². The molecule has 1 aromatic heterocycles. The summed E-state index contributed by atoms with van der Waals surface area (Å²) in [7, 11) is 1.61. The molecule has 0 aliphatic heterocycles. The Labute approximate surface area is 95.1 Å². The molecule has 3 nitrogen and oxygen atoms in total. The van der Waals surface area contributed by atoms with E-state index in [0.717, 1.165) is 11.3 Å². The second-order valence-electron chi connectivity index (χ2n) is 3.74. The lowest BCUT2D eigenvalue weighted by atomic mass is 10.1. The van der Waals surface area contributed by atoms with Crippen LogP contribution in [0.2, 0.25) is 0 Å². The van der Waals surface area contributed by atoms with Crippen molar-refractivity contribution >= 4 is 0 Å². The van der Waals surface area contributed by atoms with Gasteiger partial charge in [-0.3, -0.25) is 0 Å². The first-order valence-corrected chi connectivity index (χ1v) is 5.16. The molecule has 0 radical (unpaired) electrons. The molecular weight excluding hydrogens is 200 g/mol. The van der Waals surface area contributed by atoms with E-state index < -0.39 is 0 Å². The van der Waals surface area contributed by atoms with Crippen LogP contribution in [-0.4, -0.2) is 17.1 Å². The van der Waals surface area contributed by atoms with Crippen molar-refractivity contribution in [1.82, 2.24) is 9.97 Å². The van der Waals surface area contributed by atoms with Crippen molar-refractivity contribution in [3.05, 3.63) is 41.6 Å². The number of benzene rings is 1. The van der Waals surface area contributed by atoms with Gasteiger partial charge in [0.25, 0.3) is 0 Å². The second kappa shape index (κ2) is 4.31. The van der Waals surface area contributed by atoms with Gasteiger partial charge in [0, 0.05) is 17.3 Å². The molecule has 0 saturated heterocycles. The monoisotopic (exact) mass is 214 g/mol. The molecule has 2 rings (SSSR count). The molecule has 3 heteroatoms. The van der Waals surface area contributed by atoms with Crippen LogP contribution in [0.5, 0.6) is 5.88 Å². The van der Waals surface area contributed by atoms with Crippen LogP contribution in [0.3, 0.4) is 0 Å². The van der Waals surface area contributed by atoms with Crippen LogP contribution in [0.25, 0.3) is 11.4 Å². The second-order valence-corrected chi connectivity index (χ2v) is 3.74. The minimum Gasteiger partial charge on any atom is -0.481 e. The van der Waals surface area contributed by atoms with Crippen LogP contribution in [0.1, 0.15) is 11.3 Å². The number of aromatic nitrogens is 2. The highest BCUT2D eigenvalue weighted by atomic mass is 16.5. The average Bonchev–Trinajstić information content (AvgIpc) is 2.29. The minimum atomic E-state index is 0.600. The smallest absolute Gasteiger partial charge is 0.216 e. The summed E-state index contributed by atoms with van der Waals surface area (Å²) in [6, 6.07) is 9.95. The summed E-state index contributed by atoms with van der Waals surface area (Å²) in [6.45, 7) is 3.99. The number of hydrogen-bond donors (Lipinski definition) is 0. The van der Waals surface area contributed by atoms with Gasteiger partial charge in [-0.05, 0) is 13.8 Å². The molecule has 1 aromatic carbocycles. The van der Waals surface area contributed by atoms with Crippen LogP contribution in [0.4, 0.5) is 0 Å². The number of nitrogens with zero attached hydrogens (tertiary/aromatic N) is 2. The largest absolute Gasteiger partial charge is 0.481 e. The molecular formula is C13H14N2O. The van der Waals surface area contributed by atoms with E-state index in [1.54, 1.807) is 7.11 Å². The maximum atomic E-state index is 5.13. The Hall–Kier alpha value is -1.90. The molecule has 2 aromatic rings. The van der Waals surface area contributed by atoms with Crippen LogP contribution in [0, 0.1) is 13.8 Å². The predicted octanol–water partition coefficient (Wildman–Crippen LogP) is 2.77. The molecule has 0 N–H and O–H groups in total. The van der Waals surface area contributed by atoms with Gasteiger partial charge in [-0.25, -0.2) is 4.98 Å². The maximum absolute atomic E-state index is 5.13. The Morgan fingerprint density at radius 1 is 1.00 bits per heavy atom. The molecule has 0 amide bonds. The lowest BCUT2D eigenvalue weighted by Gasteiger charge is -2.05. The lowest BCUT2D eigenvalue weighted by molar-refractivity contribution is 0.397. The van der Waals surface area contributed by atoms with Gasteiger partial charge in [0.05, 0.1) is 7.11 Å². The Kier molecular flexibility index (Phi) is 2.86. The Morgan fingerprint density at radius 3 is 2.31 bits per heavy atom. The van der Waals surface area contributed by atoms with Crippen LogP contribution in [-0.2, 0) is 0 Å². The van der Waals surface area contributed by atoms with Crippen molar-refractivity contribution < 1.29 is 4.74 Å². The Morgan fingerprint density at radius 2 is 1.69 bits per heavy atom. The van der Waals surface area contributed by atoms with E-state index in [2.05, 4.69) is 16.9 Å². The Balaban J connectivity index is 2.47. The predicted molar refractivity (Wildman–Crippen MR) is 63.5 cm³/mol. The molecule has 16 heavy (non-hydrogen) atoms. The van der Waals surface area contributed by atoms with Gasteiger partial charge in [-0.2, -0.15) is 4.98 Å². The number of ether oxygens (including phenoxy) is 1. The van der Waals surface area contributed by atoms with Gasteiger partial charge in [0.15, 0.2) is 5.82 Å². The van der Waals surface area contributed by atoms with Gasteiger partial charge in [0.1, 0.15) is 0 Å². The van der Waals surface area contributed by atoms with E-state index in [1.807, 2.05) is 37.3 Å². The third-order valence-corrected chi connectivity index (χ3v) is 2.35. The number of aryl methyl sites for hydroxylation is 2. The van der Waals surface area contributed by atoms with Crippen LogP contribution < -0.4 is 4.74 Å². The molecule has 0 bridgehead atoms. The molecule has 0 aliphatic rings. The van der Waals surface area contributed by atoms with Gasteiger partial charge in [-0.1, -0.05) is 29.8 Å². The summed E-state index contributed by atoms with van der Waals surface area (Å²) >= 11 is 0. The summed E-state index contributed by atoms with van der Waals surface area (Å²) in [5.74, 6) is 1.31. The fourth-order valence-corrected chi connectivity index (χ4v) is 1.48. The fourth-order valence-electron chi connectivity index (χ4n) is 1.48. The number of methoxy groups -OCH3 is 1. The highest BCUT2D eigenvalue weighted by Gasteiger charge is 2.04. The Bertz CT molecular complexity index is 492. The first-order valence-electron chi connectivity index (χ1n) is 5.16. The normalized spacial score (nSPS) is 10.2. The zero-order valence-corrected chi connectivity index (χ0v) is 9.69. The first kappa shape index (κ1) is 10.6. The van der Waals surface area contributed by atoms with Crippen LogP contribution >= 0.6 is 0 Å².